The standard InChI is InChI=1S/C38H48N6O6Si.C24H30N4O7.C10H8N2O2/c1-22-16-17-26(43(5)6)24-18-37(21-40-42-39)19-25-30(44(7)8)32-28(35(41-49-32)48-20-23-14-12-11-13-15-23)33(46)38(25,50-51(9,10)36(2,3)4)34(47)29(37)31(45)27(22)24;1-27(2)12-5-6-13(29)14-10(12)7-23(9-25)8-11-17(28(3)4)19(31)15(22(26)34)20(32)24(11,35)21(33)16(23)18(14)30;1-8(13)14-12-10(7-11)9-5-3-2-4-6-9/h11-17,25,30,45H,18-21H2,1-10H3;5-6,11,17,29-30,32,35H,7-9,25H2,1-4H3,(H2,26,34);2-6H,1H3/b;;12-10+/t25-,30-,37-,38+;11-,17-,23-,24+;/m00./s1. The molecule has 27 nitrogen and oxygen atoms in total. The third-order valence-electron chi connectivity index (χ3n) is 20.6. The van der Waals surface area contributed by atoms with Gasteiger partial charge in [-0.25, -0.2) is 4.79 Å². The van der Waals surface area contributed by atoms with Crippen molar-refractivity contribution in [3.63, 3.8) is 0 Å². The second kappa shape index (κ2) is 27.6. The number of rotatable bonds is 15. The summed E-state index contributed by atoms with van der Waals surface area (Å²) in [5.41, 5.74) is 19.0. The highest BCUT2D eigenvalue weighted by atomic mass is 28.4. The molecule has 0 saturated heterocycles. The summed E-state index contributed by atoms with van der Waals surface area (Å²) < 4.78 is 19.4. The summed E-state index contributed by atoms with van der Waals surface area (Å²) in [7, 11) is 11.3. The number of aryl methyl sites for hydroxylation is 1. The zero-order valence-corrected chi connectivity index (χ0v) is 59.8. The molecular weight excluding hydrogens is 1300 g/mol. The number of aliphatic hydroxyl groups is 4. The molecule has 0 radical (unpaired) electrons. The summed E-state index contributed by atoms with van der Waals surface area (Å²) in [6.45, 7) is 13.2. The van der Waals surface area contributed by atoms with Gasteiger partial charge in [-0.1, -0.05) is 97.8 Å². The van der Waals surface area contributed by atoms with Crippen molar-refractivity contribution >= 4 is 71.9 Å². The van der Waals surface area contributed by atoms with Crippen LogP contribution in [0.15, 0.2) is 122 Å². The Morgan fingerprint density at radius 3 is 1.87 bits per heavy atom. The van der Waals surface area contributed by atoms with Crippen LogP contribution in [0, 0.1) is 40.9 Å². The Bertz CT molecular complexity index is 4390. The van der Waals surface area contributed by atoms with Crippen molar-refractivity contribution in [2.75, 3.05) is 79.3 Å². The number of nitriles is 1. The number of amides is 1. The normalized spacial score (nSPS) is 24.5. The molecule has 4 aromatic carbocycles. The molecule has 5 aromatic rings. The number of nitrogens with two attached hydrogens (primary N) is 2. The number of aliphatic hydroxyl groups excluding tert-OH is 3. The number of aromatic hydroxyl groups is 1. The molecule has 1 amide bonds. The number of Topliss-reactive ketones (excluding diaryl/α,β-unsaturated/α-hetero) is 4. The van der Waals surface area contributed by atoms with Gasteiger partial charge in [0.25, 0.3) is 11.8 Å². The first-order chi connectivity index (χ1) is 46.9. The summed E-state index contributed by atoms with van der Waals surface area (Å²) in [5.74, 6) is -8.85. The number of primary amides is 1. The number of hydrogen-bond acceptors (Lipinski definition) is 24. The van der Waals surface area contributed by atoms with Crippen LogP contribution >= 0.6 is 0 Å². The molecule has 9 N–H and O–H groups in total. The zero-order chi connectivity index (χ0) is 73.8. The van der Waals surface area contributed by atoms with E-state index in [0.717, 1.165) is 22.4 Å². The van der Waals surface area contributed by atoms with Crippen molar-refractivity contribution in [3.8, 4) is 17.7 Å². The van der Waals surface area contributed by atoms with Crippen molar-refractivity contribution in [1.82, 2.24) is 15.0 Å². The highest BCUT2D eigenvalue weighted by Gasteiger charge is 2.72. The fourth-order valence-electron chi connectivity index (χ4n) is 15.0. The number of benzene rings is 4. The van der Waals surface area contributed by atoms with Crippen LogP contribution in [0.3, 0.4) is 0 Å². The van der Waals surface area contributed by atoms with Gasteiger partial charge in [-0.2, -0.15) is 5.26 Å². The number of fused-ring (bicyclic) bond motifs is 7. The van der Waals surface area contributed by atoms with Gasteiger partial charge in [0, 0.05) is 109 Å². The number of anilines is 2. The molecule has 0 unspecified atom stereocenters. The Labute approximate surface area is 580 Å². The maximum Gasteiger partial charge on any atom is 0.332 e. The minimum absolute atomic E-state index is 0.0141. The van der Waals surface area contributed by atoms with Crippen LogP contribution < -0.4 is 26.0 Å². The van der Waals surface area contributed by atoms with Gasteiger partial charge in [-0.3, -0.25) is 33.8 Å². The first-order valence-electron chi connectivity index (χ1n) is 32.4. The summed E-state index contributed by atoms with van der Waals surface area (Å²) in [6, 6.07) is 25.3. The third-order valence-corrected chi connectivity index (χ3v) is 25.1. The number of phenolic OH excluding ortho intramolecular Hbond substituents is 1. The summed E-state index contributed by atoms with van der Waals surface area (Å²) in [6.07, 6.45) is 0.538. The first-order valence-corrected chi connectivity index (χ1v) is 35.3. The number of nitrogens with zero attached hydrogens (tertiary/aromatic N) is 10. The van der Waals surface area contributed by atoms with Crippen molar-refractivity contribution in [1.29, 1.82) is 5.26 Å². The fourth-order valence-corrected chi connectivity index (χ4v) is 16.5. The molecule has 6 aliphatic carbocycles. The summed E-state index contributed by atoms with van der Waals surface area (Å²) in [5, 5.41) is 77.0. The van der Waals surface area contributed by atoms with E-state index < -0.39 is 111 Å². The molecule has 100 heavy (non-hydrogen) atoms. The molecule has 0 aliphatic heterocycles. The Morgan fingerprint density at radius 1 is 0.780 bits per heavy atom. The smallest absolute Gasteiger partial charge is 0.332 e. The van der Waals surface area contributed by atoms with E-state index in [1.807, 2.05) is 113 Å². The number of oxime groups is 1. The molecule has 0 bridgehead atoms. The van der Waals surface area contributed by atoms with Crippen LogP contribution in [0.25, 0.3) is 22.0 Å². The van der Waals surface area contributed by atoms with Crippen LogP contribution in [0.1, 0.15) is 102 Å². The topological polar surface area (TPSA) is 407 Å². The Kier molecular flexibility index (Phi) is 20.5. The summed E-state index contributed by atoms with van der Waals surface area (Å²) >= 11 is 0. The lowest BCUT2D eigenvalue weighted by Crippen LogP contribution is -2.70. The van der Waals surface area contributed by atoms with E-state index in [1.54, 1.807) is 63.4 Å². The number of aromatic nitrogens is 1. The van der Waals surface area contributed by atoms with Crippen molar-refractivity contribution in [3.05, 3.63) is 168 Å². The number of ether oxygens (including phenoxy) is 1. The van der Waals surface area contributed by atoms with Gasteiger partial charge in [0.1, 0.15) is 46.8 Å². The highest BCUT2D eigenvalue weighted by molar-refractivity contribution is 6.74. The molecule has 28 heteroatoms. The van der Waals surface area contributed by atoms with Crippen molar-refractivity contribution in [2.45, 2.75) is 108 Å². The lowest BCUT2D eigenvalue weighted by atomic mass is 9.51. The zero-order valence-electron chi connectivity index (χ0n) is 58.8. The van der Waals surface area contributed by atoms with E-state index in [1.165, 1.54) is 17.9 Å². The maximum absolute atomic E-state index is 15.8. The fraction of sp³-hybridized carbons (Fsp3) is 0.431. The third kappa shape index (κ3) is 12.4. The van der Waals surface area contributed by atoms with Gasteiger partial charge < -0.3 is 65.3 Å². The molecule has 2 fully saturated rings. The number of hydrogen-bond donors (Lipinski definition) is 7. The SMILES string of the molecule is CC(=O)O/N=C(\C#N)c1ccccc1.CN(C)c1ccc(O)c2c1C[C@@]1(CN)C[C@H]3[C@H](N(C)C)C(=O)C(C(N)=O)=C(O)[C@@]3(O)C(=O)C1=C2O.Cc1ccc(N(C)C)c2c1C(O)=C1C(=O)[C@]3(O[Si](C)(C)C(C)(C)C)C(=O)c4c(OCc5ccccc5)noc4[C@@H](N(C)C)[C@@H]3C[C@]1(CN=[N+]=[N-])C2. The van der Waals surface area contributed by atoms with E-state index in [4.69, 9.17) is 30.4 Å². The van der Waals surface area contributed by atoms with Gasteiger partial charge in [0.15, 0.2) is 36.8 Å². The van der Waals surface area contributed by atoms with Crippen LogP contribution in [-0.4, -0.2) is 176 Å². The van der Waals surface area contributed by atoms with Crippen LogP contribution in [-0.2, 0) is 52.7 Å². The van der Waals surface area contributed by atoms with Gasteiger partial charge >= 0.3 is 5.97 Å². The number of ketones is 4. The molecule has 528 valence electrons. The lowest BCUT2D eigenvalue weighted by molar-refractivity contribution is -0.157. The van der Waals surface area contributed by atoms with Crippen LogP contribution in [0.5, 0.6) is 11.6 Å². The Hall–Kier alpha value is -9.98. The van der Waals surface area contributed by atoms with E-state index in [9.17, 15) is 50.2 Å². The second-order valence-electron chi connectivity index (χ2n) is 28.7. The predicted molar refractivity (Wildman–Crippen MR) is 374 cm³/mol. The Balaban J connectivity index is 0.000000204. The number of carbonyl (C=O) groups excluding carboxylic acids is 6. The maximum atomic E-state index is 15.8. The predicted octanol–water partition coefficient (Wildman–Crippen LogP) is 8.44. The van der Waals surface area contributed by atoms with E-state index in [-0.39, 0.29) is 90.1 Å². The van der Waals surface area contributed by atoms with Crippen molar-refractivity contribution in [2.24, 2.45) is 44.4 Å². The molecule has 1 aromatic heterocycles. The minimum Gasteiger partial charge on any atom is -0.508 e. The molecule has 6 aliphatic rings. The molecule has 8 atom stereocenters. The van der Waals surface area contributed by atoms with Gasteiger partial charge in [-0.05, 0) is 130 Å². The van der Waals surface area contributed by atoms with E-state index in [2.05, 4.69) is 45.9 Å². The van der Waals surface area contributed by atoms with Crippen LogP contribution in [0.4, 0.5) is 11.4 Å². The number of phenols is 1. The monoisotopic (exact) mass is 1390 g/mol. The number of likely N-dealkylation sites (N-methyl/N-ethyl adjacent to an activating group) is 1. The van der Waals surface area contributed by atoms with E-state index >= 15 is 9.59 Å². The van der Waals surface area contributed by atoms with Gasteiger partial charge in [-0.15, -0.1) is 0 Å². The molecular formula is C72H86N12O15Si. The largest absolute Gasteiger partial charge is 0.508 e. The first kappa shape index (κ1) is 74.2. The molecule has 0 spiro atoms. The quantitative estimate of drug-likeness (QED) is 0.00594. The highest BCUT2D eigenvalue weighted by Crippen LogP contribution is 2.64. The minimum atomic E-state index is -2.93. The lowest BCUT2D eigenvalue weighted by Gasteiger charge is -2.58. The number of azide groups is 1. The molecule has 1 heterocycles. The van der Waals surface area contributed by atoms with Gasteiger partial charge in [0.05, 0.1) is 17.6 Å². The molecule has 11 rings (SSSR count). The van der Waals surface area contributed by atoms with Crippen LogP contribution in [0.2, 0.25) is 18.1 Å². The number of carbonyl (C=O) groups is 6. The Morgan fingerprint density at radius 2 is 1.33 bits per heavy atom. The second-order valence-corrected chi connectivity index (χ2v) is 33.4. The summed E-state index contributed by atoms with van der Waals surface area (Å²) in [4.78, 5) is 95.7. The van der Waals surface area contributed by atoms with Crippen molar-refractivity contribution < 1.29 is 72.8 Å². The average Bonchev–Trinajstić information content (AvgIpc) is 0.947. The average molecular weight is 1390 g/mol. The molecule has 2 saturated carbocycles. The van der Waals surface area contributed by atoms with Gasteiger partial charge in [0.2, 0.25) is 17.3 Å². The van der Waals surface area contributed by atoms with E-state index in [0.29, 0.717) is 28.8 Å².